The van der Waals surface area contributed by atoms with E-state index in [0.717, 1.165) is 38.7 Å². The fourth-order valence-corrected chi connectivity index (χ4v) is 2.65. The molecule has 2 rings (SSSR count). The smallest absolute Gasteiger partial charge is 0.230 e. The summed E-state index contributed by atoms with van der Waals surface area (Å²) in [4.78, 5) is 11.0. The van der Waals surface area contributed by atoms with E-state index in [-0.39, 0.29) is 12.4 Å². The van der Waals surface area contributed by atoms with Crippen molar-refractivity contribution in [3.63, 3.8) is 0 Å². The maximum Gasteiger partial charge on any atom is 0.230 e. The van der Waals surface area contributed by atoms with Crippen LogP contribution in [0.25, 0.3) is 0 Å². The second-order valence-electron chi connectivity index (χ2n) is 4.87. The third kappa shape index (κ3) is 3.29. The maximum atomic E-state index is 11.0. The molecular weight excluding hydrogens is 204 g/mol. The van der Waals surface area contributed by atoms with Gasteiger partial charge < -0.3 is 9.47 Å². The van der Waals surface area contributed by atoms with Crippen LogP contribution in [0, 0.1) is 5.92 Å². The Morgan fingerprint density at radius 3 is 2.44 bits per heavy atom. The van der Waals surface area contributed by atoms with Crippen LogP contribution in [0.15, 0.2) is 0 Å². The number of ether oxygens (including phenoxy) is 2. The fraction of sp³-hybridized carbons (Fsp3) is 0.923. The molecule has 2 fully saturated rings. The van der Waals surface area contributed by atoms with Gasteiger partial charge in [0, 0.05) is 6.61 Å². The molecule has 2 aliphatic rings. The largest absolute Gasteiger partial charge is 0.353 e. The molecule has 1 radical (unpaired) electrons. The molecule has 16 heavy (non-hydrogen) atoms. The van der Waals surface area contributed by atoms with E-state index in [9.17, 15) is 4.79 Å². The Morgan fingerprint density at radius 2 is 1.81 bits per heavy atom. The van der Waals surface area contributed by atoms with Gasteiger partial charge in [-0.2, -0.15) is 0 Å². The van der Waals surface area contributed by atoms with Crippen LogP contribution in [-0.4, -0.2) is 25.3 Å². The molecule has 0 bridgehead atoms. The fourth-order valence-electron chi connectivity index (χ4n) is 2.65. The highest BCUT2D eigenvalue weighted by atomic mass is 16.7. The molecule has 3 heteroatoms. The van der Waals surface area contributed by atoms with Crippen molar-refractivity contribution in [3.8, 4) is 0 Å². The zero-order valence-corrected chi connectivity index (χ0v) is 9.82. The SMILES string of the molecule is O=[C]C(OC1CCCCO1)C1CCCCC1. The van der Waals surface area contributed by atoms with Gasteiger partial charge in [0.25, 0.3) is 0 Å². The molecule has 0 amide bonds. The summed E-state index contributed by atoms with van der Waals surface area (Å²) in [5, 5.41) is 0. The van der Waals surface area contributed by atoms with Gasteiger partial charge in [-0.25, -0.2) is 0 Å². The highest BCUT2D eigenvalue weighted by Gasteiger charge is 2.28. The normalized spacial score (nSPS) is 29.9. The van der Waals surface area contributed by atoms with E-state index in [0.29, 0.717) is 5.92 Å². The van der Waals surface area contributed by atoms with Gasteiger partial charge >= 0.3 is 0 Å². The van der Waals surface area contributed by atoms with Crippen LogP contribution in [-0.2, 0) is 14.3 Å². The van der Waals surface area contributed by atoms with Crippen molar-refractivity contribution in [2.24, 2.45) is 5.92 Å². The van der Waals surface area contributed by atoms with E-state index in [4.69, 9.17) is 9.47 Å². The molecule has 1 saturated carbocycles. The van der Waals surface area contributed by atoms with Gasteiger partial charge in [0.1, 0.15) is 6.10 Å². The van der Waals surface area contributed by atoms with Gasteiger partial charge in [0.15, 0.2) is 6.29 Å². The summed E-state index contributed by atoms with van der Waals surface area (Å²) in [5.74, 6) is 0.372. The molecule has 91 valence electrons. The quantitative estimate of drug-likeness (QED) is 0.737. The Balaban J connectivity index is 1.81. The van der Waals surface area contributed by atoms with E-state index in [1.165, 1.54) is 19.3 Å². The van der Waals surface area contributed by atoms with Gasteiger partial charge in [-0.15, -0.1) is 0 Å². The number of carbonyl (C=O) groups excluding carboxylic acids is 1. The molecule has 1 saturated heterocycles. The first-order chi connectivity index (χ1) is 7.90. The van der Waals surface area contributed by atoms with Crippen molar-refractivity contribution < 1.29 is 14.3 Å². The molecule has 0 spiro atoms. The first-order valence-electron chi connectivity index (χ1n) is 6.55. The Morgan fingerprint density at radius 1 is 1.06 bits per heavy atom. The van der Waals surface area contributed by atoms with Gasteiger partial charge in [-0.1, -0.05) is 19.3 Å². The summed E-state index contributed by atoms with van der Waals surface area (Å²) in [6.45, 7) is 0.765. The number of rotatable bonds is 4. The van der Waals surface area contributed by atoms with Gasteiger partial charge in [0.2, 0.25) is 6.29 Å². The Hall–Kier alpha value is -0.410. The third-order valence-corrected chi connectivity index (χ3v) is 3.63. The minimum absolute atomic E-state index is 0.165. The lowest BCUT2D eigenvalue weighted by atomic mass is 9.85. The summed E-state index contributed by atoms with van der Waals surface area (Å²) < 4.78 is 11.2. The van der Waals surface area contributed by atoms with Crippen LogP contribution in [0.2, 0.25) is 0 Å². The summed E-state index contributed by atoms with van der Waals surface area (Å²) in [7, 11) is 0. The van der Waals surface area contributed by atoms with Crippen molar-refractivity contribution in [1.82, 2.24) is 0 Å². The molecule has 1 aliphatic heterocycles. The molecule has 0 aromatic carbocycles. The Kier molecular flexibility index (Phi) is 4.79. The van der Waals surface area contributed by atoms with E-state index in [2.05, 4.69) is 6.29 Å². The lowest BCUT2D eigenvalue weighted by molar-refractivity contribution is -0.184. The maximum absolute atomic E-state index is 11.0. The first kappa shape index (κ1) is 12.1. The van der Waals surface area contributed by atoms with Crippen LogP contribution < -0.4 is 0 Å². The molecule has 2 unspecified atom stereocenters. The summed E-state index contributed by atoms with van der Waals surface area (Å²) in [5.41, 5.74) is 0. The van der Waals surface area contributed by atoms with Crippen LogP contribution in [0.4, 0.5) is 0 Å². The standard InChI is InChI=1S/C13H21O3/c14-10-12(11-6-2-1-3-7-11)16-13-8-4-5-9-15-13/h11-13H,1-9H2. The summed E-state index contributed by atoms with van der Waals surface area (Å²) >= 11 is 0. The lowest BCUT2D eigenvalue weighted by Gasteiger charge is -2.30. The zero-order valence-electron chi connectivity index (χ0n) is 9.82. The van der Waals surface area contributed by atoms with Crippen LogP contribution in [0.1, 0.15) is 51.4 Å². The number of hydrogen-bond acceptors (Lipinski definition) is 3. The van der Waals surface area contributed by atoms with Crippen molar-refractivity contribution in [2.45, 2.75) is 63.8 Å². The average Bonchev–Trinajstić information content (AvgIpc) is 2.38. The second kappa shape index (κ2) is 6.36. The molecule has 2 atom stereocenters. The first-order valence-corrected chi connectivity index (χ1v) is 6.55. The Bertz CT molecular complexity index is 205. The van der Waals surface area contributed by atoms with Crippen molar-refractivity contribution >= 4 is 6.29 Å². The summed E-state index contributed by atoms with van der Waals surface area (Å²) in [6, 6.07) is 0. The molecule has 3 nitrogen and oxygen atoms in total. The van der Waals surface area contributed by atoms with Crippen LogP contribution in [0.3, 0.4) is 0 Å². The van der Waals surface area contributed by atoms with Crippen molar-refractivity contribution in [2.75, 3.05) is 6.61 Å². The second-order valence-corrected chi connectivity index (χ2v) is 4.87. The monoisotopic (exact) mass is 225 g/mol. The highest BCUT2D eigenvalue weighted by Crippen LogP contribution is 2.29. The van der Waals surface area contributed by atoms with E-state index in [1.54, 1.807) is 0 Å². The van der Waals surface area contributed by atoms with Crippen molar-refractivity contribution in [1.29, 1.82) is 0 Å². The van der Waals surface area contributed by atoms with E-state index >= 15 is 0 Å². The molecule has 1 aliphatic carbocycles. The van der Waals surface area contributed by atoms with E-state index in [1.807, 2.05) is 0 Å². The minimum atomic E-state index is -0.358. The molecule has 0 aromatic heterocycles. The highest BCUT2D eigenvalue weighted by molar-refractivity contribution is 5.57. The predicted molar refractivity (Wildman–Crippen MR) is 60.7 cm³/mol. The van der Waals surface area contributed by atoms with Gasteiger partial charge in [0.05, 0.1) is 0 Å². The topological polar surface area (TPSA) is 35.5 Å². The predicted octanol–water partition coefficient (Wildman–Crippen LogP) is 2.59. The van der Waals surface area contributed by atoms with Gasteiger partial charge in [-0.05, 0) is 38.0 Å². The molecule has 0 aromatic rings. The third-order valence-electron chi connectivity index (χ3n) is 3.63. The minimum Gasteiger partial charge on any atom is -0.353 e. The van der Waals surface area contributed by atoms with E-state index < -0.39 is 0 Å². The lowest BCUT2D eigenvalue weighted by Crippen LogP contribution is -2.34. The molecule has 0 N–H and O–H groups in total. The zero-order chi connectivity index (χ0) is 11.2. The molecule has 1 heterocycles. The average molecular weight is 225 g/mol. The van der Waals surface area contributed by atoms with Crippen LogP contribution >= 0.6 is 0 Å². The Labute approximate surface area is 97.5 Å². The van der Waals surface area contributed by atoms with Crippen molar-refractivity contribution in [3.05, 3.63) is 0 Å². The van der Waals surface area contributed by atoms with Gasteiger partial charge in [-0.3, -0.25) is 4.79 Å². The van der Waals surface area contributed by atoms with Crippen LogP contribution in [0.5, 0.6) is 0 Å². The number of hydrogen-bond donors (Lipinski definition) is 0. The molecular formula is C13H21O3. The summed E-state index contributed by atoms with van der Waals surface area (Å²) in [6.07, 6.45) is 10.7.